The van der Waals surface area contributed by atoms with Crippen LogP contribution in [-0.4, -0.2) is 45.5 Å². The molecular formula is C23H20F4N6O3. The molecule has 0 saturated carbocycles. The molecule has 3 heterocycles. The van der Waals surface area contributed by atoms with Crippen LogP contribution in [0.15, 0.2) is 55.2 Å². The van der Waals surface area contributed by atoms with Crippen molar-refractivity contribution in [1.29, 1.82) is 0 Å². The summed E-state index contributed by atoms with van der Waals surface area (Å²) >= 11 is 0. The van der Waals surface area contributed by atoms with Gasteiger partial charge in [0, 0.05) is 25.4 Å². The first-order valence-electron chi connectivity index (χ1n) is 10.7. The lowest BCUT2D eigenvalue weighted by atomic mass is 9.96. The number of benzene rings is 1. The second kappa shape index (κ2) is 10.2. The number of pyridine rings is 1. The third-order valence-electron chi connectivity index (χ3n) is 5.45. The molecule has 3 N–H and O–H groups in total. The van der Waals surface area contributed by atoms with Gasteiger partial charge in [0.05, 0.1) is 47.5 Å². The van der Waals surface area contributed by atoms with Gasteiger partial charge < -0.3 is 20.7 Å². The molecule has 0 spiro atoms. The molecule has 0 unspecified atom stereocenters. The maximum Gasteiger partial charge on any atom is 0.418 e. The average Bonchev–Trinajstić information content (AvgIpc) is 3.33. The molecule has 3 aromatic rings. The summed E-state index contributed by atoms with van der Waals surface area (Å²) in [6, 6.07) is 5.07. The number of carbonyl (C=O) groups excluding carboxylic acids is 2. The van der Waals surface area contributed by atoms with Gasteiger partial charge in [-0.15, -0.1) is 0 Å². The third kappa shape index (κ3) is 5.74. The summed E-state index contributed by atoms with van der Waals surface area (Å²) in [5.41, 5.74) is -1.98. The van der Waals surface area contributed by atoms with Crippen molar-refractivity contribution in [2.75, 3.05) is 18.5 Å². The molecule has 1 aromatic carbocycles. The number of nitrogens with one attached hydrogen (secondary N) is 3. The van der Waals surface area contributed by atoms with Gasteiger partial charge >= 0.3 is 6.18 Å². The summed E-state index contributed by atoms with van der Waals surface area (Å²) in [5, 5.41) is 7.91. The summed E-state index contributed by atoms with van der Waals surface area (Å²) in [5.74, 6) is -1.83. The first kappa shape index (κ1) is 25.0. The maximum absolute atomic E-state index is 13.5. The Labute approximate surface area is 202 Å². The van der Waals surface area contributed by atoms with E-state index in [2.05, 4.69) is 30.9 Å². The highest BCUT2D eigenvalue weighted by molar-refractivity contribution is 5.99. The fourth-order valence-electron chi connectivity index (χ4n) is 3.57. The van der Waals surface area contributed by atoms with Gasteiger partial charge in [0.1, 0.15) is 17.7 Å². The predicted octanol–water partition coefficient (Wildman–Crippen LogP) is 2.98. The smallest absolute Gasteiger partial charge is 0.378 e. The number of halogens is 4. The van der Waals surface area contributed by atoms with E-state index in [1.165, 1.54) is 37.1 Å². The number of aromatic nitrogens is 3. The molecular weight excluding hydrogens is 484 g/mol. The Morgan fingerprint density at radius 2 is 1.86 bits per heavy atom. The lowest BCUT2D eigenvalue weighted by molar-refractivity contribution is -0.137. The molecule has 1 saturated heterocycles. The van der Waals surface area contributed by atoms with Crippen molar-refractivity contribution in [1.82, 2.24) is 25.6 Å². The van der Waals surface area contributed by atoms with Crippen LogP contribution in [0.1, 0.15) is 28.0 Å². The van der Waals surface area contributed by atoms with Crippen molar-refractivity contribution < 1.29 is 31.9 Å². The van der Waals surface area contributed by atoms with E-state index in [9.17, 15) is 27.2 Å². The number of ether oxygens (including phenoxy) is 1. The fourth-order valence-corrected chi connectivity index (χ4v) is 3.57. The zero-order chi connectivity index (χ0) is 25.8. The van der Waals surface area contributed by atoms with Crippen LogP contribution in [0.25, 0.3) is 0 Å². The number of anilines is 2. The Morgan fingerprint density at radius 1 is 1.08 bits per heavy atom. The van der Waals surface area contributed by atoms with Crippen LogP contribution in [0.2, 0.25) is 0 Å². The number of hydrogen-bond donors (Lipinski definition) is 3. The number of rotatable bonds is 7. The molecule has 0 radical (unpaired) electrons. The molecule has 2 amide bonds. The summed E-state index contributed by atoms with van der Waals surface area (Å²) in [7, 11) is 0. The molecule has 0 bridgehead atoms. The van der Waals surface area contributed by atoms with E-state index < -0.39 is 40.6 Å². The first-order valence-corrected chi connectivity index (χ1v) is 10.7. The van der Waals surface area contributed by atoms with Gasteiger partial charge in [-0.3, -0.25) is 14.6 Å². The standard InChI is InChI=1S/C23H20F4N6O3/c24-15-1-4-18(23(25,26)27)19(7-15)32-17-3-2-16(30-11-17)10-31-21(35)22(5-6-36-12-22)33-20(34)14-8-28-13-29-9-14/h1-4,7-9,11,13,32H,5-6,10,12H2,(H,31,35)(H,33,34)/t22-/m0/s1. The third-order valence-corrected chi connectivity index (χ3v) is 5.45. The lowest BCUT2D eigenvalue weighted by Crippen LogP contribution is -2.59. The van der Waals surface area contributed by atoms with Crippen molar-refractivity contribution in [3.05, 3.63) is 77.9 Å². The Bertz CT molecular complexity index is 1230. The van der Waals surface area contributed by atoms with Gasteiger partial charge in [-0.25, -0.2) is 14.4 Å². The van der Waals surface area contributed by atoms with Crippen LogP contribution < -0.4 is 16.0 Å². The largest absolute Gasteiger partial charge is 0.418 e. The zero-order valence-electron chi connectivity index (χ0n) is 18.6. The van der Waals surface area contributed by atoms with Crippen molar-refractivity contribution in [3.63, 3.8) is 0 Å². The minimum absolute atomic E-state index is 0.0149. The number of hydrogen-bond acceptors (Lipinski definition) is 7. The van der Waals surface area contributed by atoms with E-state index in [0.29, 0.717) is 11.8 Å². The second-order valence-corrected chi connectivity index (χ2v) is 8.00. The van der Waals surface area contributed by atoms with Crippen LogP contribution in [0.4, 0.5) is 28.9 Å². The van der Waals surface area contributed by atoms with Gasteiger partial charge in [-0.2, -0.15) is 13.2 Å². The van der Waals surface area contributed by atoms with Crippen LogP contribution >= 0.6 is 0 Å². The van der Waals surface area contributed by atoms with Crippen LogP contribution in [0.3, 0.4) is 0 Å². The second-order valence-electron chi connectivity index (χ2n) is 8.00. The Kier molecular flexibility index (Phi) is 7.10. The molecule has 1 aliphatic heterocycles. The van der Waals surface area contributed by atoms with Crippen molar-refractivity contribution in [2.24, 2.45) is 0 Å². The predicted molar refractivity (Wildman–Crippen MR) is 118 cm³/mol. The van der Waals surface area contributed by atoms with E-state index in [4.69, 9.17) is 4.74 Å². The van der Waals surface area contributed by atoms with Crippen LogP contribution in [0, 0.1) is 5.82 Å². The van der Waals surface area contributed by atoms with E-state index in [-0.39, 0.29) is 37.4 Å². The van der Waals surface area contributed by atoms with Gasteiger partial charge in [-0.1, -0.05) is 0 Å². The monoisotopic (exact) mass is 504 g/mol. The highest BCUT2D eigenvalue weighted by atomic mass is 19.4. The quantitative estimate of drug-likeness (QED) is 0.424. The summed E-state index contributed by atoms with van der Waals surface area (Å²) in [6.45, 7) is 0.236. The highest BCUT2D eigenvalue weighted by Crippen LogP contribution is 2.36. The molecule has 2 aromatic heterocycles. The number of nitrogens with zero attached hydrogens (tertiary/aromatic N) is 3. The highest BCUT2D eigenvalue weighted by Gasteiger charge is 2.43. The Balaban J connectivity index is 1.40. The summed E-state index contributed by atoms with van der Waals surface area (Å²) in [4.78, 5) is 37.2. The number of amides is 2. The van der Waals surface area contributed by atoms with E-state index >= 15 is 0 Å². The zero-order valence-corrected chi connectivity index (χ0v) is 18.6. The van der Waals surface area contributed by atoms with E-state index in [1.807, 2.05) is 0 Å². The molecule has 1 aliphatic rings. The molecule has 13 heteroatoms. The van der Waals surface area contributed by atoms with E-state index in [0.717, 1.165) is 12.1 Å². The van der Waals surface area contributed by atoms with Gasteiger partial charge in [0.15, 0.2) is 0 Å². The van der Waals surface area contributed by atoms with Gasteiger partial charge in [0.2, 0.25) is 5.91 Å². The molecule has 1 atom stereocenters. The van der Waals surface area contributed by atoms with Gasteiger partial charge in [0.25, 0.3) is 5.91 Å². The minimum atomic E-state index is -4.67. The molecule has 188 valence electrons. The Morgan fingerprint density at radius 3 is 2.50 bits per heavy atom. The van der Waals surface area contributed by atoms with Crippen LogP contribution in [0.5, 0.6) is 0 Å². The molecule has 0 aliphatic carbocycles. The average molecular weight is 504 g/mol. The molecule has 1 fully saturated rings. The lowest BCUT2D eigenvalue weighted by Gasteiger charge is -2.27. The minimum Gasteiger partial charge on any atom is -0.378 e. The fraction of sp³-hybridized carbons (Fsp3) is 0.261. The van der Waals surface area contributed by atoms with Crippen molar-refractivity contribution in [3.8, 4) is 0 Å². The SMILES string of the molecule is O=C(N[C@@]1(C(=O)NCc2ccc(Nc3cc(F)ccc3C(F)(F)F)cn2)CCOC1)c1cncnc1. The maximum atomic E-state index is 13.5. The van der Waals surface area contributed by atoms with Crippen molar-refractivity contribution in [2.45, 2.75) is 24.7 Å². The number of alkyl halides is 3. The topological polar surface area (TPSA) is 118 Å². The van der Waals surface area contributed by atoms with Crippen LogP contribution in [-0.2, 0) is 22.3 Å². The normalized spacial score (nSPS) is 17.4. The molecule has 9 nitrogen and oxygen atoms in total. The van der Waals surface area contributed by atoms with Gasteiger partial charge in [-0.05, 0) is 30.3 Å². The Hall–Kier alpha value is -4.13. The van der Waals surface area contributed by atoms with E-state index in [1.54, 1.807) is 0 Å². The first-order chi connectivity index (χ1) is 17.2. The molecule has 36 heavy (non-hydrogen) atoms. The van der Waals surface area contributed by atoms with Crippen molar-refractivity contribution >= 4 is 23.2 Å². The summed E-state index contributed by atoms with van der Waals surface area (Å²) < 4.78 is 58.5. The molecule has 4 rings (SSSR count). The summed E-state index contributed by atoms with van der Waals surface area (Å²) in [6.07, 6.45) is 0.771. The number of carbonyl (C=O) groups is 2.